The Kier molecular flexibility index (Phi) is 3.17. The molecule has 4 heteroatoms. The van der Waals surface area contributed by atoms with Gasteiger partial charge in [0.2, 0.25) is 5.91 Å². The molecule has 4 nitrogen and oxygen atoms in total. The van der Waals surface area contributed by atoms with Crippen LogP contribution in [0.4, 0.5) is 0 Å². The Hall–Kier alpha value is -1.58. The van der Waals surface area contributed by atoms with Crippen LogP contribution in [0.2, 0.25) is 0 Å². The van der Waals surface area contributed by atoms with Gasteiger partial charge in [-0.3, -0.25) is 9.59 Å². The van der Waals surface area contributed by atoms with Crippen LogP contribution in [0.5, 0.6) is 0 Å². The van der Waals surface area contributed by atoms with Gasteiger partial charge in [-0.25, -0.2) is 0 Å². The average molecular weight is 261 g/mol. The summed E-state index contributed by atoms with van der Waals surface area (Å²) in [4.78, 5) is 26.4. The SMILES string of the molecule is C[C@@H]1CC(=O)N2CCCc3oc1cc(=O)c3CCC2. The number of fused-ring (bicyclic) bond motifs is 4. The van der Waals surface area contributed by atoms with Crippen molar-refractivity contribution in [1.82, 2.24) is 4.90 Å². The van der Waals surface area contributed by atoms with Crippen LogP contribution < -0.4 is 5.43 Å². The highest BCUT2D eigenvalue weighted by Crippen LogP contribution is 2.25. The Bertz CT molecular complexity index is 561. The molecule has 2 aliphatic heterocycles. The Morgan fingerprint density at radius 2 is 1.95 bits per heavy atom. The number of carbonyl (C=O) groups is 1. The largest absolute Gasteiger partial charge is 0.465 e. The van der Waals surface area contributed by atoms with Crippen molar-refractivity contribution in [2.24, 2.45) is 0 Å². The van der Waals surface area contributed by atoms with Crippen LogP contribution in [0.1, 0.15) is 49.2 Å². The first-order valence-corrected chi connectivity index (χ1v) is 7.08. The van der Waals surface area contributed by atoms with Crippen molar-refractivity contribution in [3.05, 3.63) is 33.4 Å². The second-order valence-corrected chi connectivity index (χ2v) is 5.61. The van der Waals surface area contributed by atoms with Crippen molar-refractivity contribution in [1.29, 1.82) is 0 Å². The standard InChI is InChI=1S/C15H19NO3/c1-10-8-15(18)16-6-2-4-11-12(17)9-14(10)19-13(11)5-3-7-16/h9-10H,2-8H2,1H3/t10-/m1/s1. The van der Waals surface area contributed by atoms with Gasteiger partial charge in [0, 0.05) is 43.5 Å². The van der Waals surface area contributed by atoms with Crippen LogP contribution in [-0.2, 0) is 17.6 Å². The molecule has 19 heavy (non-hydrogen) atoms. The number of hydrogen-bond donors (Lipinski definition) is 0. The second-order valence-electron chi connectivity index (χ2n) is 5.61. The quantitative estimate of drug-likeness (QED) is 0.716. The zero-order chi connectivity index (χ0) is 13.4. The highest BCUT2D eigenvalue weighted by atomic mass is 16.3. The van der Waals surface area contributed by atoms with Crippen molar-refractivity contribution >= 4 is 5.91 Å². The minimum absolute atomic E-state index is 0.0216. The molecular weight excluding hydrogens is 242 g/mol. The molecule has 3 rings (SSSR count). The van der Waals surface area contributed by atoms with Gasteiger partial charge in [0.05, 0.1) is 0 Å². The molecule has 0 aromatic carbocycles. The number of amides is 1. The fourth-order valence-electron chi connectivity index (χ4n) is 3.02. The highest BCUT2D eigenvalue weighted by molar-refractivity contribution is 5.77. The molecule has 0 radical (unpaired) electrons. The van der Waals surface area contributed by atoms with Gasteiger partial charge in [0.1, 0.15) is 11.5 Å². The Morgan fingerprint density at radius 1 is 1.21 bits per heavy atom. The van der Waals surface area contributed by atoms with Crippen LogP contribution in [0.15, 0.2) is 15.3 Å². The summed E-state index contributed by atoms with van der Waals surface area (Å²) in [5.41, 5.74) is 0.915. The van der Waals surface area contributed by atoms with E-state index < -0.39 is 0 Å². The van der Waals surface area contributed by atoms with Gasteiger partial charge in [0.25, 0.3) is 0 Å². The van der Waals surface area contributed by atoms with Gasteiger partial charge in [-0.05, 0) is 19.3 Å². The fraction of sp³-hybridized carbons (Fsp3) is 0.600. The summed E-state index contributed by atoms with van der Waals surface area (Å²) in [5.74, 6) is 1.68. The molecule has 0 N–H and O–H groups in total. The zero-order valence-corrected chi connectivity index (χ0v) is 11.3. The topological polar surface area (TPSA) is 50.5 Å². The van der Waals surface area contributed by atoms with Crippen LogP contribution >= 0.6 is 0 Å². The summed E-state index contributed by atoms with van der Waals surface area (Å²) >= 11 is 0. The average Bonchev–Trinajstić information content (AvgIpc) is 2.45. The minimum atomic E-state index is -0.0216. The van der Waals surface area contributed by atoms with Crippen molar-refractivity contribution in [3.63, 3.8) is 0 Å². The maximum atomic E-state index is 12.3. The van der Waals surface area contributed by atoms with Gasteiger partial charge in [0.15, 0.2) is 5.43 Å². The van der Waals surface area contributed by atoms with Gasteiger partial charge in [-0.1, -0.05) is 6.92 Å². The van der Waals surface area contributed by atoms with E-state index in [1.807, 2.05) is 11.8 Å². The zero-order valence-electron chi connectivity index (χ0n) is 11.3. The van der Waals surface area contributed by atoms with Crippen molar-refractivity contribution in [2.75, 3.05) is 13.1 Å². The molecule has 0 saturated carbocycles. The number of rotatable bonds is 0. The van der Waals surface area contributed by atoms with E-state index in [2.05, 4.69) is 0 Å². The summed E-state index contributed by atoms with van der Waals surface area (Å²) < 4.78 is 5.93. The van der Waals surface area contributed by atoms with E-state index in [-0.39, 0.29) is 17.3 Å². The maximum absolute atomic E-state index is 12.3. The molecule has 0 aliphatic carbocycles. The van der Waals surface area contributed by atoms with E-state index in [9.17, 15) is 9.59 Å². The number of hydrogen-bond acceptors (Lipinski definition) is 3. The second kappa shape index (κ2) is 4.83. The van der Waals surface area contributed by atoms with E-state index in [0.717, 1.165) is 50.1 Å². The lowest BCUT2D eigenvalue weighted by atomic mass is 10.0. The number of carbonyl (C=O) groups excluding carboxylic acids is 1. The summed E-state index contributed by atoms with van der Waals surface area (Å²) in [6.07, 6.45) is 3.63. The molecule has 0 unspecified atom stereocenters. The lowest BCUT2D eigenvalue weighted by Crippen LogP contribution is -2.33. The predicted octanol–water partition coefficient (Wildman–Crippen LogP) is 1.85. The summed E-state index contributed by atoms with van der Waals surface area (Å²) in [6, 6.07) is 1.59. The summed E-state index contributed by atoms with van der Waals surface area (Å²) in [6.45, 7) is 3.49. The van der Waals surface area contributed by atoms with Crippen LogP contribution in [0.25, 0.3) is 0 Å². The van der Waals surface area contributed by atoms with Crippen LogP contribution in [-0.4, -0.2) is 23.9 Å². The Labute approximate surface area is 112 Å². The lowest BCUT2D eigenvalue weighted by molar-refractivity contribution is -0.131. The molecule has 0 saturated heterocycles. The van der Waals surface area contributed by atoms with E-state index in [4.69, 9.17) is 4.42 Å². The molecule has 3 heterocycles. The lowest BCUT2D eigenvalue weighted by Gasteiger charge is -2.24. The van der Waals surface area contributed by atoms with Crippen molar-refractivity contribution in [3.8, 4) is 0 Å². The summed E-state index contributed by atoms with van der Waals surface area (Å²) in [5, 5.41) is 0. The molecule has 2 aliphatic rings. The third-order valence-electron chi connectivity index (χ3n) is 4.15. The van der Waals surface area contributed by atoms with E-state index in [1.54, 1.807) is 6.07 Å². The first-order valence-electron chi connectivity index (χ1n) is 7.08. The number of aryl methyl sites for hydroxylation is 1. The molecule has 102 valence electrons. The maximum Gasteiger partial charge on any atom is 0.223 e. The first kappa shape index (κ1) is 12.5. The van der Waals surface area contributed by atoms with Gasteiger partial charge in [-0.15, -0.1) is 0 Å². The van der Waals surface area contributed by atoms with Crippen LogP contribution in [0.3, 0.4) is 0 Å². The highest BCUT2D eigenvalue weighted by Gasteiger charge is 2.25. The third-order valence-corrected chi connectivity index (χ3v) is 4.15. The van der Waals surface area contributed by atoms with Crippen molar-refractivity contribution < 1.29 is 9.21 Å². The minimum Gasteiger partial charge on any atom is -0.465 e. The van der Waals surface area contributed by atoms with Gasteiger partial charge >= 0.3 is 0 Å². The third kappa shape index (κ3) is 2.31. The van der Waals surface area contributed by atoms with E-state index in [1.165, 1.54) is 0 Å². The summed E-state index contributed by atoms with van der Waals surface area (Å²) in [7, 11) is 0. The Morgan fingerprint density at radius 3 is 2.74 bits per heavy atom. The fourth-order valence-corrected chi connectivity index (χ4v) is 3.02. The molecule has 0 fully saturated rings. The van der Waals surface area contributed by atoms with Gasteiger partial charge < -0.3 is 9.32 Å². The van der Waals surface area contributed by atoms with Crippen LogP contribution in [0, 0.1) is 0 Å². The molecule has 1 aromatic heterocycles. The van der Waals surface area contributed by atoms with Gasteiger partial charge in [-0.2, -0.15) is 0 Å². The molecule has 1 amide bonds. The monoisotopic (exact) mass is 261 g/mol. The first-order chi connectivity index (χ1) is 9.15. The molecule has 0 spiro atoms. The van der Waals surface area contributed by atoms with Crippen molar-refractivity contribution in [2.45, 2.75) is 44.9 Å². The van der Waals surface area contributed by atoms with E-state index in [0.29, 0.717) is 12.2 Å². The molecule has 1 atom stereocenters. The molecule has 1 aromatic rings. The van der Waals surface area contributed by atoms with E-state index >= 15 is 0 Å². The molecule has 3 bridgehead atoms. The Balaban J connectivity index is 2.15. The normalized spacial score (nSPS) is 23.3. The smallest absolute Gasteiger partial charge is 0.223 e. The number of nitrogens with zero attached hydrogens (tertiary/aromatic N) is 1. The molecular formula is C15H19NO3. The predicted molar refractivity (Wildman–Crippen MR) is 71.2 cm³/mol.